The first-order valence-electron chi connectivity index (χ1n) is 8.65. The Morgan fingerprint density at radius 3 is 1.67 bits per heavy atom. The zero-order chi connectivity index (χ0) is 16.7. The van der Waals surface area contributed by atoms with Crippen LogP contribution in [0.1, 0.15) is 86.5 Å². The molecule has 3 heteroatoms. The lowest BCUT2D eigenvalue weighted by molar-refractivity contribution is -0.136. The van der Waals surface area contributed by atoms with E-state index in [2.05, 4.69) is 34.6 Å². The van der Waals surface area contributed by atoms with Gasteiger partial charge in [-0.05, 0) is 24.7 Å². The van der Waals surface area contributed by atoms with Crippen LogP contribution in [0.4, 0.5) is 0 Å². The molecule has 128 valence electrons. The van der Waals surface area contributed by atoms with Crippen LogP contribution in [0.25, 0.3) is 0 Å². The van der Waals surface area contributed by atoms with Crippen molar-refractivity contribution in [2.75, 3.05) is 0 Å². The van der Waals surface area contributed by atoms with Gasteiger partial charge in [-0.1, -0.05) is 67.2 Å². The first kappa shape index (κ1) is 20.9. The van der Waals surface area contributed by atoms with Crippen LogP contribution in [-0.4, -0.2) is 33.6 Å². The maximum absolute atomic E-state index is 10.7. The Morgan fingerprint density at radius 1 is 0.762 bits per heavy atom. The van der Waals surface area contributed by atoms with E-state index in [1.807, 2.05) is 6.92 Å². The van der Waals surface area contributed by atoms with E-state index in [9.17, 15) is 15.3 Å². The van der Waals surface area contributed by atoms with Gasteiger partial charge >= 0.3 is 0 Å². The van der Waals surface area contributed by atoms with E-state index in [1.165, 1.54) is 0 Å². The Morgan fingerprint density at radius 2 is 1.24 bits per heavy atom. The number of unbranched alkanes of at least 4 members (excludes halogenated alkanes) is 2. The second-order valence-corrected chi connectivity index (χ2v) is 7.74. The highest BCUT2D eigenvalue weighted by Gasteiger charge is 2.48. The van der Waals surface area contributed by atoms with Crippen LogP contribution < -0.4 is 0 Å². The number of rotatable bonds is 10. The van der Waals surface area contributed by atoms with Crippen molar-refractivity contribution in [2.24, 2.45) is 10.8 Å². The van der Waals surface area contributed by atoms with E-state index in [1.54, 1.807) is 0 Å². The molecule has 4 unspecified atom stereocenters. The molecule has 0 aliphatic heterocycles. The summed E-state index contributed by atoms with van der Waals surface area (Å²) in [5.74, 6) is 0. The van der Waals surface area contributed by atoms with Crippen molar-refractivity contribution in [3.63, 3.8) is 0 Å². The monoisotopic (exact) mass is 302 g/mol. The van der Waals surface area contributed by atoms with Crippen LogP contribution in [0.2, 0.25) is 0 Å². The molecule has 0 spiro atoms. The molecule has 0 aromatic rings. The van der Waals surface area contributed by atoms with Gasteiger partial charge in [-0.2, -0.15) is 0 Å². The molecule has 3 N–H and O–H groups in total. The second-order valence-electron chi connectivity index (χ2n) is 7.74. The van der Waals surface area contributed by atoms with Crippen LogP contribution in [0.3, 0.4) is 0 Å². The van der Waals surface area contributed by atoms with Gasteiger partial charge in [-0.25, -0.2) is 0 Å². The summed E-state index contributed by atoms with van der Waals surface area (Å²) in [6, 6.07) is 0. The lowest BCUT2D eigenvalue weighted by Gasteiger charge is -2.49. The molecular formula is C18H38O3. The lowest BCUT2D eigenvalue weighted by atomic mass is 9.59. The molecule has 0 saturated carbocycles. The van der Waals surface area contributed by atoms with E-state index >= 15 is 0 Å². The van der Waals surface area contributed by atoms with Gasteiger partial charge in [-0.15, -0.1) is 0 Å². The van der Waals surface area contributed by atoms with Gasteiger partial charge in [0.2, 0.25) is 0 Å². The van der Waals surface area contributed by atoms with Gasteiger partial charge in [0.1, 0.15) is 0 Å². The van der Waals surface area contributed by atoms with E-state index in [0.717, 1.165) is 32.1 Å². The smallest absolute Gasteiger partial charge is 0.0648 e. The summed E-state index contributed by atoms with van der Waals surface area (Å²) >= 11 is 0. The zero-order valence-electron chi connectivity index (χ0n) is 15.0. The van der Waals surface area contributed by atoms with E-state index in [-0.39, 0.29) is 5.41 Å². The largest absolute Gasteiger partial charge is 0.393 e. The van der Waals surface area contributed by atoms with Crippen molar-refractivity contribution in [3.05, 3.63) is 0 Å². The van der Waals surface area contributed by atoms with Crippen molar-refractivity contribution in [1.29, 1.82) is 0 Å². The van der Waals surface area contributed by atoms with Crippen LogP contribution in [0.5, 0.6) is 0 Å². The van der Waals surface area contributed by atoms with Crippen LogP contribution in [0, 0.1) is 10.8 Å². The van der Waals surface area contributed by atoms with Crippen LogP contribution >= 0.6 is 0 Å². The minimum absolute atomic E-state index is 0.232. The fraction of sp³-hybridized carbons (Fsp3) is 1.00. The van der Waals surface area contributed by atoms with Crippen molar-refractivity contribution < 1.29 is 15.3 Å². The Balaban J connectivity index is 4.96. The SMILES string of the molecule is CCCCC(O)CC(O)C(C)(C(O)CCCC)C(C)(C)C. The standard InChI is InChI=1S/C18H38O3/c1-7-9-11-14(19)13-16(21)18(6,17(3,4)5)15(20)12-10-8-2/h14-16,19-21H,7-13H2,1-6H3. The van der Waals surface area contributed by atoms with Gasteiger partial charge in [0.15, 0.2) is 0 Å². The minimum atomic E-state index is -0.698. The first-order valence-corrected chi connectivity index (χ1v) is 8.65. The third-order valence-electron chi connectivity index (χ3n) is 5.22. The fourth-order valence-electron chi connectivity index (χ4n) is 2.98. The molecular weight excluding hydrogens is 264 g/mol. The number of hydrogen-bond donors (Lipinski definition) is 3. The highest BCUT2D eigenvalue weighted by molar-refractivity contribution is 4.98. The molecule has 0 aliphatic rings. The second kappa shape index (κ2) is 9.12. The lowest BCUT2D eigenvalue weighted by Crippen LogP contribution is -2.52. The topological polar surface area (TPSA) is 60.7 Å². The molecule has 21 heavy (non-hydrogen) atoms. The molecule has 0 aliphatic carbocycles. The highest BCUT2D eigenvalue weighted by Crippen LogP contribution is 2.47. The molecule has 0 bridgehead atoms. The van der Waals surface area contributed by atoms with Gasteiger partial charge in [0.25, 0.3) is 0 Å². The summed E-state index contributed by atoms with van der Waals surface area (Å²) in [5, 5.41) is 31.5. The average molecular weight is 302 g/mol. The minimum Gasteiger partial charge on any atom is -0.393 e. The quantitative estimate of drug-likeness (QED) is 0.573. The Bertz CT molecular complexity index is 272. The predicted octanol–water partition coefficient (Wildman–Crippen LogP) is 3.89. The normalized spacial score (nSPS) is 19.9. The highest BCUT2D eigenvalue weighted by atomic mass is 16.3. The number of aliphatic hydroxyl groups excluding tert-OH is 3. The summed E-state index contributed by atoms with van der Waals surface area (Å²) in [6.45, 7) is 12.3. The van der Waals surface area contributed by atoms with E-state index < -0.39 is 23.7 Å². The summed E-state index contributed by atoms with van der Waals surface area (Å²) < 4.78 is 0. The van der Waals surface area contributed by atoms with Gasteiger partial charge in [0.05, 0.1) is 18.3 Å². The third-order valence-corrected chi connectivity index (χ3v) is 5.22. The molecule has 0 amide bonds. The molecule has 4 atom stereocenters. The maximum atomic E-state index is 10.7. The molecule has 3 nitrogen and oxygen atoms in total. The van der Waals surface area contributed by atoms with E-state index in [0.29, 0.717) is 12.8 Å². The van der Waals surface area contributed by atoms with Gasteiger partial charge in [-0.3, -0.25) is 0 Å². The van der Waals surface area contributed by atoms with E-state index in [4.69, 9.17) is 0 Å². The van der Waals surface area contributed by atoms with Gasteiger partial charge < -0.3 is 15.3 Å². The summed E-state index contributed by atoms with van der Waals surface area (Å²) in [6.07, 6.45) is 4.04. The molecule has 0 aromatic heterocycles. The zero-order valence-corrected chi connectivity index (χ0v) is 15.0. The summed E-state index contributed by atoms with van der Waals surface area (Å²) in [7, 11) is 0. The van der Waals surface area contributed by atoms with Crippen molar-refractivity contribution >= 4 is 0 Å². The van der Waals surface area contributed by atoms with Crippen molar-refractivity contribution in [1.82, 2.24) is 0 Å². The molecule has 0 rings (SSSR count). The maximum Gasteiger partial charge on any atom is 0.0648 e. The predicted molar refractivity (Wildman–Crippen MR) is 89.2 cm³/mol. The molecule has 0 radical (unpaired) electrons. The third kappa shape index (κ3) is 5.88. The summed E-state index contributed by atoms with van der Waals surface area (Å²) in [4.78, 5) is 0. The van der Waals surface area contributed by atoms with Crippen molar-refractivity contribution in [2.45, 2.75) is 105 Å². The fourth-order valence-corrected chi connectivity index (χ4v) is 2.98. The van der Waals surface area contributed by atoms with Crippen LogP contribution in [-0.2, 0) is 0 Å². The Hall–Kier alpha value is -0.120. The average Bonchev–Trinajstić information content (AvgIpc) is 2.39. The Kier molecular flexibility index (Phi) is 9.06. The summed E-state index contributed by atoms with van der Waals surface area (Å²) in [5.41, 5.74) is -0.848. The molecule has 0 saturated heterocycles. The molecule has 0 fully saturated rings. The Labute approximate surface area is 131 Å². The van der Waals surface area contributed by atoms with Gasteiger partial charge in [0, 0.05) is 5.41 Å². The van der Waals surface area contributed by atoms with Crippen molar-refractivity contribution in [3.8, 4) is 0 Å². The number of hydrogen-bond acceptors (Lipinski definition) is 3. The molecule has 0 heterocycles. The van der Waals surface area contributed by atoms with Crippen LogP contribution in [0.15, 0.2) is 0 Å². The number of aliphatic hydroxyl groups is 3. The molecule has 0 aromatic carbocycles. The first-order chi connectivity index (χ1) is 9.61.